The van der Waals surface area contributed by atoms with Crippen LogP contribution in [0.5, 0.6) is 0 Å². The summed E-state index contributed by atoms with van der Waals surface area (Å²) in [7, 11) is 0. The summed E-state index contributed by atoms with van der Waals surface area (Å²) in [6, 6.07) is 0. The van der Waals surface area contributed by atoms with E-state index in [0.717, 1.165) is 6.42 Å². The van der Waals surface area contributed by atoms with E-state index in [1.165, 1.54) is 0 Å². The smallest absolute Gasteiger partial charge is 0.308 e. The van der Waals surface area contributed by atoms with Crippen LogP contribution in [-0.4, -0.2) is 23.5 Å². The van der Waals surface area contributed by atoms with E-state index >= 15 is 0 Å². The third kappa shape index (κ3) is 5.40. The molecule has 1 amide bonds. The van der Waals surface area contributed by atoms with E-state index < -0.39 is 17.3 Å². The van der Waals surface area contributed by atoms with Gasteiger partial charge in [-0.05, 0) is 6.42 Å². The van der Waals surface area contributed by atoms with Crippen molar-refractivity contribution in [1.29, 1.82) is 0 Å². The number of carbonyl (C=O) groups is 2. The molecule has 0 aromatic heterocycles. The first-order valence-corrected chi connectivity index (χ1v) is 5.30. The van der Waals surface area contributed by atoms with Gasteiger partial charge in [0, 0.05) is 12.0 Å². The van der Waals surface area contributed by atoms with Crippen molar-refractivity contribution in [3.63, 3.8) is 0 Å². The van der Waals surface area contributed by atoms with Crippen molar-refractivity contribution in [2.45, 2.75) is 40.5 Å². The largest absolute Gasteiger partial charge is 0.481 e. The zero-order valence-corrected chi connectivity index (χ0v) is 9.96. The predicted molar refractivity (Wildman–Crippen MR) is 58.5 cm³/mol. The van der Waals surface area contributed by atoms with Gasteiger partial charge in [0.2, 0.25) is 5.91 Å². The molecule has 0 aliphatic heterocycles. The van der Waals surface area contributed by atoms with E-state index in [9.17, 15) is 9.59 Å². The fourth-order valence-corrected chi connectivity index (χ4v) is 1.14. The Morgan fingerprint density at radius 1 is 1.33 bits per heavy atom. The van der Waals surface area contributed by atoms with Gasteiger partial charge in [0.25, 0.3) is 0 Å². The molecular formula is C11H21NO3. The third-order valence-electron chi connectivity index (χ3n) is 2.18. The minimum Gasteiger partial charge on any atom is -0.481 e. The Bertz CT molecular complexity index is 230. The molecule has 1 atom stereocenters. The minimum absolute atomic E-state index is 0.107. The fourth-order valence-electron chi connectivity index (χ4n) is 1.14. The van der Waals surface area contributed by atoms with Gasteiger partial charge in [-0.15, -0.1) is 0 Å². The molecular weight excluding hydrogens is 194 g/mol. The highest BCUT2D eigenvalue weighted by atomic mass is 16.4. The maximum Gasteiger partial charge on any atom is 0.308 e. The highest BCUT2D eigenvalue weighted by molar-refractivity contribution is 5.82. The van der Waals surface area contributed by atoms with Gasteiger partial charge >= 0.3 is 5.97 Å². The van der Waals surface area contributed by atoms with Crippen molar-refractivity contribution in [1.82, 2.24) is 5.32 Å². The number of hydrogen-bond donors (Lipinski definition) is 2. The summed E-state index contributed by atoms with van der Waals surface area (Å²) in [5.41, 5.74) is -0.463. The average Bonchev–Trinajstić information content (AvgIpc) is 2.09. The van der Waals surface area contributed by atoms with Gasteiger partial charge in [-0.1, -0.05) is 34.1 Å². The van der Waals surface area contributed by atoms with Crippen LogP contribution >= 0.6 is 0 Å². The summed E-state index contributed by atoms with van der Waals surface area (Å²) in [6.07, 6.45) is 1.40. The van der Waals surface area contributed by atoms with Crippen molar-refractivity contribution >= 4 is 11.9 Å². The molecule has 88 valence electrons. The molecule has 0 aromatic carbocycles. The standard InChI is InChI=1S/C11H21NO3/c1-5-6-8(9(13)14)7-12-10(15)11(2,3)4/h8H,5-7H2,1-4H3,(H,12,15)(H,13,14). The topological polar surface area (TPSA) is 66.4 Å². The molecule has 4 nitrogen and oxygen atoms in total. The molecule has 0 saturated heterocycles. The Labute approximate surface area is 91.1 Å². The molecule has 0 radical (unpaired) electrons. The molecule has 1 unspecified atom stereocenters. The van der Waals surface area contributed by atoms with E-state index in [-0.39, 0.29) is 12.5 Å². The van der Waals surface area contributed by atoms with Crippen molar-refractivity contribution in [2.24, 2.45) is 11.3 Å². The van der Waals surface area contributed by atoms with E-state index in [1.807, 2.05) is 6.92 Å². The van der Waals surface area contributed by atoms with Gasteiger partial charge in [0.15, 0.2) is 0 Å². The van der Waals surface area contributed by atoms with Crippen LogP contribution in [0.1, 0.15) is 40.5 Å². The quantitative estimate of drug-likeness (QED) is 0.732. The predicted octanol–water partition coefficient (Wildman–Crippen LogP) is 1.65. The summed E-state index contributed by atoms with van der Waals surface area (Å²) in [5.74, 6) is -1.42. The number of carboxylic acids is 1. The molecule has 0 rings (SSSR count). The van der Waals surface area contributed by atoms with Crippen LogP contribution in [0.25, 0.3) is 0 Å². The third-order valence-corrected chi connectivity index (χ3v) is 2.18. The second kappa shape index (κ2) is 5.73. The first-order chi connectivity index (χ1) is 6.79. The lowest BCUT2D eigenvalue weighted by molar-refractivity contribution is -0.142. The first kappa shape index (κ1) is 13.9. The lowest BCUT2D eigenvalue weighted by Gasteiger charge is -2.19. The summed E-state index contributed by atoms with van der Waals surface area (Å²) < 4.78 is 0. The molecule has 2 N–H and O–H groups in total. The van der Waals surface area contributed by atoms with Crippen molar-refractivity contribution < 1.29 is 14.7 Å². The first-order valence-electron chi connectivity index (χ1n) is 5.30. The number of hydrogen-bond acceptors (Lipinski definition) is 2. The molecule has 0 bridgehead atoms. The normalized spacial score (nSPS) is 13.3. The number of rotatable bonds is 5. The zero-order valence-electron chi connectivity index (χ0n) is 9.96. The Kier molecular flexibility index (Phi) is 5.33. The van der Waals surface area contributed by atoms with E-state index in [1.54, 1.807) is 20.8 Å². The average molecular weight is 215 g/mol. The summed E-state index contributed by atoms with van der Waals surface area (Å²) in [4.78, 5) is 22.3. The fraction of sp³-hybridized carbons (Fsp3) is 0.818. The number of carboxylic acid groups (broad SMARTS) is 1. The molecule has 0 spiro atoms. The minimum atomic E-state index is -0.842. The second-order valence-corrected chi connectivity index (χ2v) is 4.78. The maximum absolute atomic E-state index is 11.5. The highest BCUT2D eigenvalue weighted by Crippen LogP contribution is 2.13. The van der Waals surface area contributed by atoms with Gasteiger partial charge in [-0.2, -0.15) is 0 Å². The number of amides is 1. The van der Waals surface area contributed by atoms with Crippen LogP contribution in [0.15, 0.2) is 0 Å². The summed E-state index contributed by atoms with van der Waals surface area (Å²) in [6.45, 7) is 7.56. The molecule has 0 aliphatic rings. The Balaban J connectivity index is 4.11. The van der Waals surface area contributed by atoms with Gasteiger partial charge in [0.05, 0.1) is 5.92 Å². The molecule has 0 aromatic rings. The lowest BCUT2D eigenvalue weighted by atomic mass is 9.95. The molecule has 0 aliphatic carbocycles. The van der Waals surface area contributed by atoms with Gasteiger partial charge < -0.3 is 10.4 Å². The van der Waals surface area contributed by atoms with E-state index in [0.29, 0.717) is 6.42 Å². The number of aliphatic carboxylic acids is 1. The zero-order chi connectivity index (χ0) is 12.1. The maximum atomic E-state index is 11.5. The molecule has 0 fully saturated rings. The van der Waals surface area contributed by atoms with Crippen molar-refractivity contribution in [2.75, 3.05) is 6.54 Å². The van der Waals surface area contributed by atoms with Gasteiger partial charge in [0.1, 0.15) is 0 Å². The Morgan fingerprint density at radius 2 is 1.87 bits per heavy atom. The lowest BCUT2D eigenvalue weighted by Crippen LogP contribution is -2.39. The van der Waals surface area contributed by atoms with Crippen molar-refractivity contribution in [3.05, 3.63) is 0 Å². The summed E-state index contributed by atoms with van der Waals surface area (Å²) >= 11 is 0. The van der Waals surface area contributed by atoms with Crippen LogP contribution in [0.3, 0.4) is 0 Å². The highest BCUT2D eigenvalue weighted by Gasteiger charge is 2.23. The Hall–Kier alpha value is -1.06. The van der Waals surface area contributed by atoms with Gasteiger partial charge in [-0.3, -0.25) is 9.59 Å². The Morgan fingerprint density at radius 3 is 2.20 bits per heavy atom. The molecule has 4 heteroatoms. The second-order valence-electron chi connectivity index (χ2n) is 4.78. The number of nitrogens with one attached hydrogen (secondary N) is 1. The molecule has 0 saturated carbocycles. The molecule has 0 heterocycles. The van der Waals surface area contributed by atoms with E-state index in [4.69, 9.17) is 5.11 Å². The monoisotopic (exact) mass is 215 g/mol. The number of carbonyl (C=O) groups excluding carboxylic acids is 1. The van der Waals surface area contributed by atoms with Crippen LogP contribution in [-0.2, 0) is 9.59 Å². The van der Waals surface area contributed by atoms with Crippen LogP contribution in [0, 0.1) is 11.3 Å². The SMILES string of the molecule is CCCC(CNC(=O)C(C)(C)C)C(=O)O. The van der Waals surface area contributed by atoms with Crippen LogP contribution in [0.4, 0.5) is 0 Å². The van der Waals surface area contributed by atoms with Crippen LogP contribution in [0.2, 0.25) is 0 Å². The van der Waals surface area contributed by atoms with E-state index in [2.05, 4.69) is 5.32 Å². The van der Waals surface area contributed by atoms with Crippen LogP contribution < -0.4 is 5.32 Å². The van der Waals surface area contributed by atoms with Gasteiger partial charge in [-0.25, -0.2) is 0 Å². The molecule has 15 heavy (non-hydrogen) atoms. The van der Waals surface area contributed by atoms with Crippen molar-refractivity contribution in [3.8, 4) is 0 Å². The summed E-state index contributed by atoms with van der Waals surface area (Å²) in [5, 5.41) is 11.5.